The summed E-state index contributed by atoms with van der Waals surface area (Å²) < 4.78 is 1.60. The van der Waals surface area contributed by atoms with Crippen LogP contribution >= 0.6 is 0 Å². The summed E-state index contributed by atoms with van der Waals surface area (Å²) in [7, 11) is 1.77. The number of β-amino-alcohol motifs (C(OH)–C–C–N with tert-alkyl or cyclic N) is 1. The summed E-state index contributed by atoms with van der Waals surface area (Å²) >= 11 is 0. The van der Waals surface area contributed by atoms with Gasteiger partial charge in [-0.2, -0.15) is 5.10 Å². The summed E-state index contributed by atoms with van der Waals surface area (Å²) in [6, 6.07) is 1.75. The van der Waals surface area contributed by atoms with Crippen LogP contribution in [0.2, 0.25) is 0 Å². The van der Waals surface area contributed by atoms with E-state index < -0.39 is 5.60 Å². The van der Waals surface area contributed by atoms with Gasteiger partial charge in [0.2, 0.25) is 5.95 Å². The van der Waals surface area contributed by atoms with Gasteiger partial charge in [0.15, 0.2) is 0 Å². The number of carbonyl (C=O) groups is 1. The van der Waals surface area contributed by atoms with E-state index in [4.69, 9.17) is 0 Å². The molecule has 122 valence electrons. The van der Waals surface area contributed by atoms with Gasteiger partial charge < -0.3 is 15.3 Å². The predicted octanol–water partition coefficient (Wildman–Crippen LogP) is -0.110. The van der Waals surface area contributed by atoms with Gasteiger partial charge in [0.1, 0.15) is 5.60 Å². The molecule has 8 heteroatoms. The Morgan fingerprint density at radius 3 is 2.83 bits per heavy atom. The number of nitrogens with zero attached hydrogens (tertiary/aromatic N) is 5. The van der Waals surface area contributed by atoms with Crippen LogP contribution in [0.3, 0.4) is 0 Å². The molecule has 1 unspecified atom stereocenters. The number of aliphatic hydroxyl groups is 1. The molecule has 1 aliphatic heterocycles. The molecule has 1 amide bonds. The zero-order valence-electron chi connectivity index (χ0n) is 13.2. The van der Waals surface area contributed by atoms with Crippen LogP contribution in [0.15, 0.2) is 24.7 Å². The normalized spacial score (nSPS) is 20.7. The SMILES string of the molecule is Cc1nn(C)cc1C(=O)NCC1(O)CCN(c2ncccn2)C1. The third kappa shape index (κ3) is 3.31. The van der Waals surface area contributed by atoms with Crippen molar-refractivity contribution in [2.75, 3.05) is 24.5 Å². The Labute approximate surface area is 134 Å². The van der Waals surface area contributed by atoms with Crippen LogP contribution < -0.4 is 10.2 Å². The fourth-order valence-corrected chi connectivity index (χ4v) is 2.79. The molecule has 1 saturated heterocycles. The second-order valence-electron chi connectivity index (χ2n) is 5.93. The van der Waals surface area contributed by atoms with Gasteiger partial charge >= 0.3 is 0 Å². The number of carbonyl (C=O) groups excluding carboxylic acids is 1. The van der Waals surface area contributed by atoms with E-state index in [0.717, 1.165) is 0 Å². The highest BCUT2D eigenvalue weighted by atomic mass is 16.3. The maximum Gasteiger partial charge on any atom is 0.254 e. The molecule has 0 aromatic carbocycles. The molecule has 23 heavy (non-hydrogen) atoms. The number of rotatable bonds is 4. The first kappa shape index (κ1) is 15.4. The third-order valence-corrected chi connectivity index (χ3v) is 4.00. The van der Waals surface area contributed by atoms with E-state index in [1.165, 1.54) is 0 Å². The van der Waals surface area contributed by atoms with Gasteiger partial charge in [0.05, 0.1) is 17.8 Å². The minimum atomic E-state index is -0.981. The Bertz CT molecular complexity index is 701. The van der Waals surface area contributed by atoms with Gasteiger partial charge in [-0.25, -0.2) is 9.97 Å². The molecule has 0 bridgehead atoms. The molecular weight excluding hydrogens is 296 g/mol. The highest BCUT2D eigenvalue weighted by Gasteiger charge is 2.37. The summed E-state index contributed by atoms with van der Waals surface area (Å²) in [4.78, 5) is 22.5. The molecule has 2 aromatic rings. The summed E-state index contributed by atoms with van der Waals surface area (Å²) in [5.41, 5.74) is 0.213. The van der Waals surface area contributed by atoms with E-state index >= 15 is 0 Å². The molecule has 8 nitrogen and oxygen atoms in total. The third-order valence-electron chi connectivity index (χ3n) is 4.00. The molecule has 3 heterocycles. The summed E-state index contributed by atoms with van der Waals surface area (Å²) in [6.07, 6.45) is 5.57. The Hall–Kier alpha value is -2.48. The summed E-state index contributed by atoms with van der Waals surface area (Å²) in [6.45, 7) is 3.02. The lowest BCUT2D eigenvalue weighted by molar-refractivity contribution is 0.0575. The Kier molecular flexibility index (Phi) is 3.99. The molecular formula is C15H20N6O2. The van der Waals surface area contributed by atoms with Crippen molar-refractivity contribution in [1.29, 1.82) is 0 Å². The predicted molar refractivity (Wildman–Crippen MR) is 84.1 cm³/mol. The number of hydrogen-bond acceptors (Lipinski definition) is 6. The fraction of sp³-hybridized carbons (Fsp3) is 0.467. The van der Waals surface area contributed by atoms with Gasteiger partial charge in [0, 0.05) is 38.7 Å². The molecule has 0 radical (unpaired) electrons. The lowest BCUT2D eigenvalue weighted by atomic mass is 10.0. The van der Waals surface area contributed by atoms with E-state index in [0.29, 0.717) is 36.7 Å². The number of anilines is 1. The van der Waals surface area contributed by atoms with Crippen molar-refractivity contribution < 1.29 is 9.90 Å². The van der Waals surface area contributed by atoms with Crippen molar-refractivity contribution >= 4 is 11.9 Å². The average Bonchev–Trinajstić information content (AvgIpc) is 3.09. The number of aromatic nitrogens is 4. The fourth-order valence-electron chi connectivity index (χ4n) is 2.79. The summed E-state index contributed by atoms with van der Waals surface area (Å²) in [5.74, 6) is 0.372. The first-order valence-corrected chi connectivity index (χ1v) is 7.50. The quantitative estimate of drug-likeness (QED) is 0.817. The molecule has 2 N–H and O–H groups in total. The zero-order valence-corrected chi connectivity index (χ0v) is 13.2. The molecule has 1 fully saturated rings. The van der Waals surface area contributed by atoms with E-state index in [2.05, 4.69) is 20.4 Å². The average molecular weight is 316 g/mol. The van der Waals surface area contributed by atoms with Crippen LogP contribution in [-0.4, -0.2) is 56.0 Å². The summed E-state index contributed by atoms with van der Waals surface area (Å²) in [5, 5.41) is 17.6. The highest BCUT2D eigenvalue weighted by Crippen LogP contribution is 2.23. The molecule has 0 spiro atoms. The Morgan fingerprint density at radius 2 is 2.17 bits per heavy atom. The van der Waals surface area contributed by atoms with E-state index in [1.54, 1.807) is 43.3 Å². The van der Waals surface area contributed by atoms with E-state index in [1.807, 2.05) is 4.90 Å². The lowest BCUT2D eigenvalue weighted by Crippen LogP contribution is -2.45. The van der Waals surface area contributed by atoms with Gasteiger partial charge in [-0.05, 0) is 19.4 Å². The van der Waals surface area contributed by atoms with E-state index in [-0.39, 0.29) is 12.5 Å². The van der Waals surface area contributed by atoms with Crippen LogP contribution in [0.1, 0.15) is 22.5 Å². The Balaban J connectivity index is 1.60. The lowest BCUT2D eigenvalue weighted by Gasteiger charge is -2.23. The van der Waals surface area contributed by atoms with Crippen molar-refractivity contribution in [3.63, 3.8) is 0 Å². The van der Waals surface area contributed by atoms with Crippen LogP contribution in [0.25, 0.3) is 0 Å². The number of aryl methyl sites for hydroxylation is 2. The smallest absolute Gasteiger partial charge is 0.254 e. The first-order chi connectivity index (χ1) is 11.0. The van der Waals surface area contributed by atoms with Crippen molar-refractivity contribution in [1.82, 2.24) is 25.1 Å². The minimum Gasteiger partial charge on any atom is -0.386 e. The van der Waals surface area contributed by atoms with Crippen molar-refractivity contribution in [3.8, 4) is 0 Å². The van der Waals surface area contributed by atoms with Crippen molar-refractivity contribution in [2.45, 2.75) is 18.9 Å². The van der Waals surface area contributed by atoms with Crippen LogP contribution in [0.5, 0.6) is 0 Å². The maximum atomic E-state index is 12.2. The van der Waals surface area contributed by atoms with Crippen LogP contribution in [0.4, 0.5) is 5.95 Å². The van der Waals surface area contributed by atoms with Crippen molar-refractivity contribution in [3.05, 3.63) is 35.9 Å². The van der Waals surface area contributed by atoms with Gasteiger partial charge in [-0.3, -0.25) is 9.48 Å². The van der Waals surface area contributed by atoms with E-state index in [9.17, 15) is 9.90 Å². The van der Waals surface area contributed by atoms with Crippen LogP contribution in [-0.2, 0) is 7.05 Å². The minimum absolute atomic E-state index is 0.184. The highest BCUT2D eigenvalue weighted by molar-refractivity contribution is 5.95. The first-order valence-electron chi connectivity index (χ1n) is 7.50. The van der Waals surface area contributed by atoms with Crippen molar-refractivity contribution in [2.24, 2.45) is 7.05 Å². The maximum absolute atomic E-state index is 12.2. The topological polar surface area (TPSA) is 96.2 Å². The van der Waals surface area contributed by atoms with Gasteiger partial charge in [-0.1, -0.05) is 0 Å². The molecule has 1 atom stereocenters. The number of nitrogens with one attached hydrogen (secondary N) is 1. The second kappa shape index (κ2) is 5.96. The number of hydrogen-bond donors (Lipinski definition) is 2. The van der Waals surface area contributed by atoms with Gasteiger partial charge in [-0.15, -0.1) is 0 Å². The largest absolute Gasteiger partial charge is 0.386 e. The second-order valence-corrected chi connectivity index (χ2v) is 5.93. The molecule has 0 saturated carbocycles. The monoisotopic (exact) mass is 316 g/mol. The zero-order chi connectivity index (χ0) is 16.4. The molecule has 1 aliphatic rings. The molecule has 2 aromatic heterocycles. The van der Waals surface area contributed by atoms with Crippen LogP contribution in [0, 0.1) is 6.92 Å². The molecule has 3 rings (SSSR count). The molecule has 0 aliphatic carbocycles. The standard InChI is InChI=1S/C15H20N6O2/c1-11-12(8-20(2)19-11)13(22)18-9-15(23)4-7-21(10-15)14-16-5-3-6-17-14/h3,5-6,8,23H,4,7,9-10H2,1-2H3,(H,18,22). The number of amides is 1. The van der Waals surface area contributed by atoms with Gasteiger partial charge in [0.25, 0.3) is 5.91 Å². The Morgan fingerprint density at radius 1 is 1.43 bits per heavy atom.